The van der Waals surface area contributed by atoms with Crippen molar-refractivity contribution >= 4 is 25.0 Å². The van der Waals surface area contributed by atoms with E-state index in [0.29, 0.717) is 0 Å². The van der Waals surface area contributed by atoms with Gasteiger partial charge in [0.05, 0.1) is 6.61 Å². The fraction of sp³-hybridized carbons (Fsp3) is 1.00. The summed E-state index contributed by atoms with van der Waals surface area (Å²) in [5.41, 5.74) is 9.38. The first kappa shape index (κ1) is 32.8. The summed E-state index contributed by atoms with van der Waals surface area (Å²) in [4.78, 5) is 3.07. The van der Waals surface area contributed by atoms with Crippen LogP contribution >= 0.6 is 0 Å². The predicted octanol–water partition coefficient (Wildman–Crippen LogP) is 7.19. The van der Waals surface area contributed by atoms with Crippen molar-refractivity contribution in [2.45, 2.75) is 147 Å². The van der Waals surface area contributed by atoms with Crippen LogP contribution in [0.1, 0.15) is 62.3 Å². The van der Waals surface area contributed by atoms with Crippen LogP contribution < -0.4 is 0 Å². The van der Waals surface area contributed by atoms with E-state index in [0.717, 1.165) is 0 Å². The molecule has 35 heavy (non-hydrogen) atoms. The molecular weight excluding hydrogens is 495 g/mol. The normalized spacial score (nSPS) is 27.5. The van der Waals surface area contributed by atoms with Crippen molar-refractivity contribution in [3.05, 3.63) is 10.4 Å². The van der Waals surface area contributed by atoms with Gasteiger partial charge in [-0.15, -0.1) is 0 Å². The third-order valence-corrected chi connectivity index (χ3v) is 22.1. The minimum Gasteiger partial charge on any atom is -0.409 e. The summed E-state index contributed by atoms with van der Waals surface area (Å²) in [5.74, 6) is 0. The van der Waals surface area contributed by atoms with E-state index < -0.39 is 55.6 Å². The minimum absolute atomic E-state index is 0.0496. The summed E-state index contributed by atoms with van der Waals surface area (Å²) in [6.07, 6.45) is -3.33. The molecule has 0 bridgehead atoms. The van der Waals surface area contributed by atoms with E-state index >= 15 is 0 Å². The molecule has 1 rings (SSSR count). The summed E-state index contributed by atoms with van der Waals surface area (Å²) >= 11 is 0. The fourth-order valence-electron chi connectivity index (χ4n) is 3.14. The summed E-state index contributed by atoms with van der Waals surface area (Å²) in [7, 11) is -6.91. The van der Waals surface area contributed by atoms with Crippen LogP contribution in [0.15, 0.2) is 5.11 Å². The van der Waals surface area contributed by atoms with Gasteiger partial charge in [0, 0.05) is 4.91 Å². The van der Waals surface area contributed by atoms with Gasteiger partial charge in [-0.1, -0.05) is 67.4 Å². The van der Waals surface area contributed by atoms with E-state index in [4.69, 9.17) is 18.0 Å². The van der Waals surface area contributed by atoms with E-state index in [2.05, 4.69) is 112 Å². The molecule has 1 heterocycles. The second-order valence-electron chi connectivity index (χ2n) is 14.5. The Morgan fingerprint density at radius 2 is 1.06 bits per heavy atom. The van der Waals surface area contributed by atoms with Gasteiger partial charge in [0.25, 0.3) is 0 Å². The Balaban J connectivity index is 3.75. The van der Waals surface area contributed by atoms with Gasteiger partial charge in [-0.3, -0.25) is 0 Å². The lowest BCUT2D eigenvalue weighted by Gasteiger charge is -2.54. The Kier molecular flexibility index (Phi) is 10.2. The first-order chi connectivity index (χ1) is 15.4. The predicted molar refractivity (Wildman–Crippen MR) is 151 cm³/mol. The van der Waals surface area contributed by atoms with Crippen molar-refractivity contribution in [3.63, 3.8) is 0 Å². The number of azide groups is 1. The molecule has 1 aliphatic rings. The van der Waals surface area contributed by atoms with Crippen LogP contribution in [0.25, 0.3) is 10.4 Å². The van der Waals surface area contributed by atoms with E-state index in [1.807, 2.05) is 0 Å². The highest BCUT2D eigenvalue weighted by molar-refractivity contribution is 6.75. The van der Waals surface area contributed by atoms with Crippen molar-refractivity contribution < 1.29 is 23.1 Å². The topological polar surface area (TPSA) is 106 Å². The zero-order chi connectivity index (χ0) is 27.8. The molecule has 5 atom stereocenters. The Bertz CT molecular complexity index is 766. The molecule has 0 unspecified atom stereocenters. The second kappa shape index (κ2) is 10.9. The largest absolute Gasteiger partial charge is 0.409 e. The van der Waals surface area contributed by atoms with Crippen LogP contribution in [0.4, 0.5) is 0 Å². The first-order valence-electron chi connectivity index (χ1n) is 12.8. The lowest BCUT2D eigenvalue weighted by Crippen LogP contribution is -2.67. The molecule has 206 valence electrons. The van der Waals surface area contributed by atoms with Crippen LogP contribution in [0, 0.1) is 0 Å². The van der Waals surface area contributed by atoms with Crippen LogP contribution in [-0.2, 0) is 18.0 Å². The maximum Gasteiger partial charge on any atom is 0.192 e. The summed E-state index contributed by atoms with van der Waals surface area (Å²) in [5, 5.41) is 14.2. The summed E-state index contributed by atoms with van der Waals surface area (Å²) in [6, 6.07) is 0. The molecule has 1 N–H and O–H groups in total. The van der Waals surface area contributed by atoms with Crippen LogP contribution in [0.2, 0.25) is 54.4 Å². The molecule has 0 amide bonds. The highest BCUT2D eigenvalue weighted by Gasteiger charge is 2.55. The molecule has 1 fully saturated rings. The molecule has 1 saturated heterocycles. The molecule has 0 aromatic carbocycles. The number of rotatable bonds is 8. The number of ether oxygens (including phenoxy) is 1. The van der Waals surface area contributed by atoms with Gasteiger partial charge in [0.2, 0.25) is 0 Å². The maximum atomic E-state index is 10.4. The Hall–Kier alpha value is -0.239. The van der Waals surface area contributed by atoms with E-state index in [9.17, 15) is 10.6 Å². The smallest absolute Gasteiger partial charge is 0.192 e. The van der Waals surface area contributed by atoms with Gasteiger partial charge in [0.15, 0.2) is 31.2 Å². The molecule has 0 aliphatic carbocycles. The van der Waals surface area contributed by atoms with Gasteiger partial charge in [-0.25, -0.2) is 0 Å². The third-order valence-electron chi connectivity index (χ3n) is 8.67. The number of nitrogens with zero attached hydrogens (tertiary/aromatic N) is 3. The number of hydrogen-bond acceptors (Lipinski definition) is 6. The van der Waals surface area contributed by atoms with Gasteiger partial charge >= 0.3 is 0 Å². The summed E-state index contributed by atoms with van der Waals surface area (Å²) < 4.78 is 27.1. The molecule has 11 heteroatoms. The Morgan fingerprint density at radius 3 is 1.37 bits per heavy atom. The average Bonchev–Trinajstić information content (AvgIpc) is 2.63. The number of aliphatic hydroxyl groups excluding tert-OH is 1. The van der Waals surface area contributed by atoms with Gasteiger partial charge in [-0.2, -0.15) is 0 Å². The molecule has 8 nitrogen and oxygen atoms in total. The lowest BCUT2D eigenvalue weighted by molar-refractivity contribution is -0.215. The van der Waals surface area contributed by atoms with Crippen molar-refractivity contribution in [2.75, 3.05) is 6.61 Å². The van der Waals surface area contributed by atoms with Crippen molar-refractivity contribution in [1.82, 2.24) is 0 Å². The van der Waals surface area contributed by atoms with E-state index in [1.54, 1.807) is 0 Å². The second-order valence-corrected chi connectivity index (χ2v) is 28.7. The van der Waals surface area contributed by atoms with Crippen LogP contribution in [0.3, 0.4) is 0 Å². The summed E-state index contributed by atoms with van der Waals surface area (Å²) in [6.45, 7) is 32.5. The number of aliphatic hydroxyl groups is 1. The van der Waals surface area contributed by atoms with Crippen LogP contribution in [0.5, 0.6) is 0 Å². The maximum absolute atomic E-state index is 10.4. The highest BCUT2D eigenvalue weighted by Crippen LogP contribution is 2.45. The quantitative estimate of drug-likeness (QED) is 0.150. The zero-order valence-corrected chi connectivity index (χ0v) is 28.0. The van der Waals surface area contributed by atoms with Gasteiger partial charge in [-0.05, 0) is 59.9 Å². The molecule has 0 saturated carbocycles. The minimum atomic E-state index is -2.32. The van der Waals surface area contributed by atoms with Crippen molar-refractivity contribution in [1.29, 1.82) is 0 Å². The third kappa shape index (κ3) is 7.64. The standard InChI is InChI=1S/C24H53N3O5Si3/c1-22(2,3)33(10,11)30-18-17(16-28)29-21(26-27-25)20(32-35(14,15)24(7,8)9)19(18)31-34(12,13)23(4,5)6/h17-21,28H,16H2,1-15H3/t17-,18-,19+,20+,21+/m1/s1. The first-order valence-corrected chi connectivity index (χ1v) is 21.5. The monoisotopic (exact) mass is 547 g/mol. The average molecular weight is 548 g/mol. The molecule has 0 aromatic heterocycles. The van der Waals surface area contributed by atoms with Crippen molar-refractivity contribution in [3.8, 4) is 0 Å². The highest BCUT2D eigenvalue weighted by atomic mass is 28.4. The fourth-order valence-corrected chi connectivity index (χ4v) is 7.05. The SMILES string of the molecule is CC(C)(C)[Si](C)(C)O[C@H]1[C@H](O[Si](C)(C)C(C)(C)C)[C@@H](CO)O[C@H](N=[N+]=[N-])[C@H]1O[Si](C)(C)C(C)(C)C. The van der Waals surface area contributed by atoms with Gasteiger partial charge < -0.3 is 23.1 Å². The molecule has 1 aliphatic heterocycles. The lowest BCUT2D eigenvalue weighted by atomic mass is 9.99. The molecule has 0 spiro atoms. The molecule has 0 radical (unpaired) electrons. The Morgan fingerprint density at radius 1 is 0.714 bits per heavy atom. The number of hydrogen-bond donors (Lipinski definition) is 1. The van der Waals surface area contributed by atoms with E-state index in [-0.39, 0.29) is 21.7 Å². The van der Waals surface area contributed by atoms with Crippen molar-refractivity contribution in [2.24, 2.45) is 5.11 Å². The Labute approximate surface area is 217 Å². The zero-order valence-electron chi connectivity index (χ0n) is 25.0. The molecular formula is C24H53N3O5Si3. The van der Waals surface area contributed by atoms with Gasteiger partial charge in [0.1, 0.15) is 24.4 Å². The van der Waals surface area contributed by atoms with Crippen LogP contribution in [-0.4, -0.2) is 67.3 Å². The van der Waals surface area contributed by atoms with E-state index in [1.165, 1.54) is 0 Å². The molecule has 0 aromatic rings.